The predicted molar refractivity (Wildman–Crippen MR) is 58.3 cm³/mol. The molecule has 1 aliphatic rings. The van der Waals surface area contributed by atoms with Crippen molar-refractivity contribution in [2.45, 2.75) is 32.2 Å². The van der Waals surface area contributed by atoms with E-state index in [2.05, 4.69) is 10.6 Å². The third-order valence-corrected chi connectivity index (χ3v) is 2.06. The van der Waals surface area contributed by atoms with Crippen LogP contribution in [0.25, 0.3) is 0 Å². The monoisotopic (exact) mass is 208 g/mol. The summed E-state index contributed by atoms with van der Waals surface area (Å²) in [6, 6.07) is -0.287. The molecule has 82 valence electrons. The average Bonchev–Trinajstić information content (AvgIpc) is 2.15. The summed E-state index contributed by atoms with van der Waals surface area (Å²) >= 11 is 0. The number of hydrogen-bond donors (Lipinski definition) is 2. The Bertz CT molecular complexity index is 295. The van der Waals surface area contributed by atoms with Crippen LogP contribution in [0.1, 0.15) is 26.2 Å². The van der Waals surface area contributed by atoms with Gasteiger partial charge in [0, 0.05) is 18.7 Å². The Kier molecular flexibility index (Phi) is 4.60. The van der Waals surface area contributed by atoms with E-state index in [1.165, 1.54) is 12.3 Å². The Morgan fingerprint density at radius 3 is 3.00 bits per heavy atom. The largest absolute Gasteiger partial charge is 0.332 e. The summed E-state index contributed by atoms with van der Waals surface area (Å²) < 4.78 is 0. The van der Waals surface area contributed by atoms with Crippen LogP contribution in [-0.4, -0.2) is 17.9 Å². The summed E-state index contributed by atoms with van der Waals surface area (Å²) in [5.41, 5.74) is 0. The van der Waals surface area contributed by atoms with Crippen molar-refractivity contribution in [2.75, 3.05) is 0 Å². The van der Waals surface area contributed by atoms with E-state index in [9.17, 15) is 9.59 Å². The van der Waals surface area contributed by atoms with Gasteiger partial charge in [-0.2, -0.15) is 0 Å². The fourth-order valence-electron chi connectivity index (χ4n) is 1.28. The lowest BCUT2D eigenvalue weighted by molar-refractivity contribution is -0.114. The topological polar surface area (TPSA) is 58.2 Å². The molecule has 15 heavy (non-hydrogen) atoms. The number of carbonyl (C=O) groups is 2. The maximum absolute atomic E-state index is 11.2. The van der Waals surface area contributed by atoms with Crippen molar-refractivity contribution in [3.8, 4) is 0 Å². The molecule has 0 fully saturated rings. The second-order valence-corrected chi connectivity index (χ2v) is 3.53. The summed E-state index contributed by atoms with van der Waals surface area (Å²) in [6.07, 6.45) is 8.94. The van der Waals surface area contributed by atoms with Crippen molar-refractivity contribution in [1.82, 2.24) is 10.6 Å². The highest BCUT2D eigenvalue weighted by Crippen LogP contribution is 2.00. The van der Waals surface area contributed by atoms with Crippen LogP contribution in [0.2, 0.25) is 0 Å². The first-order valence-electron chi connectivity index (χ1n) is 5.11. The molecule has 4 heteroatoms. The zero-order chi connectivity index (χ0) is 11.1. The molecule has 0 aromatic heterocycles. The maximum Gasteiger partial charge on any atom is 0.319 e. The van der Waals surface area contributed by atoms with E-state index < -0.39 is 0 Å². The van der Waals surface area contributed by atoms with E-state index in [1.807, 2.05) is 19.1 Å². The lowest BCUT2D eigenvalue weighted by Crippen LogP contribution is -2.37. The van der Waals surface area contributed by atoms with Gasteiger partial charge in [0.15, 0.2) is 5.78 Å². The Labute approximate surface area is 89.4 Å². The summed E-state index contributed by atoms with van der Waals surface area (Å²) in [6.45, 7) is 1.90. The van der Waals surface area contributed by atoms with Gasteiger partial charge in [-0.1, -0.05) is 12.2 Å². The van der Waals surface area contributed by atoms with Crippen molar-refractivity contribution in [1.29, 1.82) is 0 Å². The summed E-state index contributed by atoms with van der Waals surface area (Å²) in [5.74, 6) is 0.0392. The maximum atomic E-state index is 11.2. The van der Waals surface area contributed by atoms with E-state index in [1.54, 1.807) is 0 Å². The zero-order valence-electron chi connectivity index (χ0n) is 8.82. The minimum absolute atomic E-state index is 0.00790. The molecule has 0 aromatic rings. The molecule has 0 unspecified atom stereocenters. The highest BCUT2D eigenvalue weighted by atomic mass is 16.2. The number of carbonyl (C=O) groups excluding carboxylic acids is 2. The number of amides is 2. The molecule has 0 spiro atoms. The number of allylic oxidation sites excluding steroid dienone is 2. The van der Waals surface area contributed by atoms with Crippen LogP contribution >= 0.6 is 0 Å². The molecule has 0 saturated carbocycles. The summed E-state index contributed by atoms with van der Waals surface area (Å²) in [7, 11) is 0. The number of hydrogen-bond acceptors (Lipinski definition) is 2. The van der Waals surface area contributed by atoms with Gasteiger partial charge in [0.2, 0.25) is 0 Å². The fraction of sp³-hybridized carbons (Fsp3) is 0.455. The van der Waals surface area contributed by atoms with Crippen LogP contribution in [-0.2, 0) is 4.79 Å². The first-order chi connectivity index (χ1) is 7.18. The minimum atomic E-state index is -0.295. The van der Waals surface area contributed by atoms with Crippen molar-refractivity contribution in [3.05, 3.63) is 24.4 Å². The van der Waals surface area contributed by atoms with Crippen molar-refractivity contribution in [2.24, 2.45) is 0 Å². The second kappa shape index (κ2) is 6.01. The molecule has 1 rings (SSSR count). The van der Waals surface area contributed by atoms with Crippen molar-refractivity contribution >= 4 is 11.8 Å². The molecule has 1 atom stereocenters. The van der Waals surface area contributed by atoms with Crippen LogP contribution in [0, 0.1) is 0 Å². The van der Waals surface area contributed by atoms with Gasteiger partial charge in [-0.15, -0.1) is 0 Å². The lowest BCUT2D eigenvalue weighted by Gasteiger charge is -2.09. The Hall–Kier alpha value is -1.58. The minimum Gasteiger partial charge on any atom is -0.332 e. The normalized spacial score (nSPS) is 27.9. The van der Waals surface area contributed by atoms with Crippen LogP contribution in [0.4, 0.5) is 4.79 Å². The summed E-state index contributed by atoms with van der Waals surface area (Å²) in [4.78, 5) is 22.4. The SMILES string of the molecule is C[C@H]1/C=C/CCCC(=O)/C=C/NC(=O)N1. The molecule has 2 N–H and O–H groups in total. The second-order valence-electron chi connectivity index (χ2n) is 3.53. The molecule has 0 radical (unpaired) electrons. The van der Waals surface area contributed by atoms with Crippen LogP contribution in [0.15, 0.2) is 24.4 Å². The highest BCUT2D eigenvalue weighted by Gasteiger charge is 2.03. The Morgan fingerprint density at radius 1 is 1.40 bits per heavy atom. The first kappa shape index (κ1) is 11.5. The predicted octanol–water partition coefficient (Wildman–Crippen LogP) is 1.50. The van der Waals surface area contributed by atoms with Gasteiger partial charge in [0.1, 0.15) is 0 Å². The van der Waals surface area contributed by atoms with E-state index in [4.69, 9.17) is 0 Å². The lowest BCUT2D eigenvalue weighted by atomic mass is 10.1. The van der Waals surface area contributed by atoms with Gasteiger partial charge < -0.3 is 10.6 Å². The smallest absolute Gasteiger partial charge is 0.319 e. The fourth-order valence-corrected chi connectivity index (χ4v) is 1.28. The summed E-state index contributed by atoms with van der Waals surface area (Å²) in [5, 5.41) is 5.19. The Morgan fingerprint density at radius 2 is 2.20 bits per heavy atom. The molecule has 1 heterocycles. The first-order valence-corrected chi connectivity index (χ1v) is 5.11. The van der Waals surface area contributed by atoms with Crippen molar-refractivity contribution in [3.63, 3.8) is 0 Å². The number of nitrogens with one attached hydrogen (secondary N) is 2. The van der Waals surface area contributed by atoms with Crippen LogP contribution < -0.4 is 10.6 Å². The molecule has 2 amide bonds. The van der Waals surface area contributed by atoms with E-state index in [0.717, 1.165) is 12.8 Å². The van der Waals surface area contributed by atoms with E-state index in [0.29, 0.717) is 6.42 Å². The van der Waals surface area contributed by atoms with E-state index >= 15 is 0 Å². The molecule has 1 aliphatic heterocycles. The molecule has 0 aliphatic carbocycles. The number of ketones is 1. The number of rotatable bonds is 0. The van der Waals surface area contributed by atoms with Gasteiger partial charge in [0.25, 0.3) is 0 Å². The quantitative estimate of drug-likeness (QED) is 0.593. The van der Waals surface area contributed by atoms with Gasteiger partial charge in [-0.05, 0) is 25.8 Å². The zero-order valence-corrected chi connectivity index (χ0v) is 8.82. The van der Waals surface area contributed by atoms with Gasteiger partial charge in [-0.3, -0.25) is 4.79 Å². The third kappa shape index (κ3) is 5.00. The van der Waals surface area contributed by atoms with Gasteiger partial charge in [0.05, 0.1) is 0 Å². The average molecular weight is 208 g/mol. The molecule has 0 bridgehead atoms. The van der Waals surface area contributed by atoms with Crippen LogP contribution in [0.3, 0.4) is 0 Å². The molecule has 4 nitrogen and oxygen atoms in total. The van der Waals surface area contributed by atoms with Gasteiger partial charge >= 0.3 is 6.03 Å². The molecule has 0 aromatic carbocycles. The van der Waals surface area contributed by atoms with E-state index in [-0.39, 0.29) is 17.9 Å². The van der Waals surface area contributed by atoms with Crippen molar-refractivity contribution < 1.29 is 9.59 Å². The highest BCUT2D eigenvalue weighted by molar-refractivity contribution is 5.90. The number of urea groups is 1. The standard InChI is InChI=1S/C11H16N2O2/c1-9-5-3-2-4-6-10(14)7-8-12-11(15)13-9/h3,5,7-9H,2,4,6H2,1H3,(H2,12,13,15)/b5-3+,8-7+/t9-/m0/s1. The van der Waals surface area contributed by atoms with Crippen LogP contribution in [0.5, 0.6) is 0 Å². The molecular weight excluding hydrogens is 192 g/mol. The molecular formula is C11H16N2O2. The third-order valence-electron chi connectivity index (χ3n) is 2.06. The molecule has 0 saturated heterocycles. The van der Waals surface area contributed by atoms with Gasteiger partial charge in [-0.25, -0.2) is 4.79 Å². The Balaban J connectivity index is 2.57.